The molecule has 0 radical (unpaired) electrons. The number of carbonyl (C=O) groups is 1. The standard InChI is InChI=1S/C25H19Cl2F3N6O/c1-12-3-2-4-17(28)22(12)36-23(14-8-19(30)21(9-18(14)29)33-25(31)37)15-11-35(6-5-20(15)34-36)24-16(27)7-13(26)10-32-24/h2-4,7-10H,5-6,11H2,1H3,(H3,31,33,37). The number of carbonyl (C=O) groups excluding carboxylic acids is 1. The molecule has 2 aromatic carbocycles. The molecule has 7 nitrogen and oxygen atoms in total. The molecule has 3 N–H and O–H groups in total. The van der Waals surface area contributed by atoms with Gasteiger partial charge in [-0.05, 0) is 30.7 Å². The minimum atomic E-state index is -1.04. The number of nitrogens with one attached hydrogen (secondary N) is 1. The maximum atomic E-state index is 15.5. The third-order valence-corrected chi connectivity index (χ3v) is 6.58. The molecule has 0 unspecified atom stereocenters. The van der Waals surface area contributed by atoms with Crippen LogP contribution in [0.5, 0.6) is 0 Å². The van der Waals surface area contributed by atoms with Gasteiger partial charge in [0.05, 0.1) is 27.1 Å². The molecule has 4 aromatic rings. The van der Waals surface area contributed by atoms with Crippen LogP contribution < -0.4 is 16.0 Å². The van der Waals surface area contributed by atoms with E-state index in [1.807, 2.05) is 4.90 Å². The van der Waals surface area contributed by atoms with Crippen LogP contribution in [0.3, 0.4) is 0 Å². The summed E-state index contributed by atoms with van der Waals surface area (Å²) in [4.78, 5) is 17.4. The zero-order chi connectivity index (χ0) is 26.4. The molecule has 3 heterocycles. The molecule has 0 fully saturated rings. The van der Waals surface area contributed by atoms with Gasteiger partial charge in [-0.2, -0.15) is 5.10 Å². The lowest BCUT2D eigenvalue weighted by atomic mass is 9.99. The number of benzene rings is 2. The van der Waals surface area contributed by atoms with Crippen LogP contribution in [-0.2, 0) is 13.0 Å². The molecule has 0 bridgehead atoms. The van der Waals surface area contributed by atoms with E-state index in [-0.39, 0.29) is 23.5 Å². The number of urea groups is 1. The van der Waals surface area contributed by atoms with E-state index in [9.17, 15) is 9.18 Å². The molecule has 2 amide bonds. The maximum absolute atomic E-state index is 15.5. The van der Waals surface area contributed by atoms with E-state index in [2.05, 4.69) is 15.4 Å². The van der Waals surface area contributed by atoms with Crippen molar-refractivity contribution in [3.05, 3.63) is 86.9 Å². The highest BCUT2D eigenvalue weighted by Crippen LogP contribution is 2.39. The first-order valence-corrected chi connectivity index (χ1v) is 11.9. The van der Waals surface area contributed by atoms with Crippen molar-refractivity contribution in [1.82, 2.24) is 14.8 Å². The molecule has 5 rings (SSSR count). The van der Waals surface area contributed by atoms with Crippen LogP contribution >= 0.6 is 23.2 Å². The maximum Gasteiger partial charge on any atom is 0.316 e. The number of hydrogen-bond donors (Lipinski definition) is 2. The van der Waals surface area contributed by atoms with E-state index in [1.165, 1.54) is 16.9 Å². The third kappa shape index (κ3) is 4.58. The second-order valence-corrected chi connectivity index (χ2v) is 9.37. The second-order valence-electron chi connectivity index (χ2n) is 8.52. The number of primary amides is 1. The molecule has 0 atom stereocenters. The average molecular weight is 547 g/mol. The summed E-state index contributed by atoms with van der Waals surface area (Å²) in [5, 5.41) is 7.37. The van der Waals surface area contributed by atoms with E-state index in [0.29, 0.717) is 45.6 Å². The zero-order valence-corrected chi connectivity index (χ0v) is 20.8. The Morgan fingerprint density at radius 1 is 1.11 bits per heavy atom. The van der Waals surface area contributed by atoms with Crippen molar-refractivity contribution in [3.8, 4) is 16.9 Å². The molecule has 1 aliphatic heterocycles. The topological polar surface area (TPSA) is 89.1 Å². The summed E-state index contributed by atoms with van der Waals surface area (Å²) in [6, 6.07) is 6.79. The Balaban J connectivity index is 1.72. The summed E-state index contributed by atoms with van der Waals surface area (Å²) in [6.07, 6.45) is 1.87. The lowest BCUT2D eigenvalue weighted by Crippen LogP contribution is -2.31. The quantitative estimate of drug-likeness (QED) is 0.327. The number of halogens is 5. The van der Waals surface area contributed by atoms with Crippen LogP contribution in [0.1, 0.15) is 16.8 Å². The normalized spacial score (nSPS) is 13.0. The van der Waals surface area contributed by atoms with Gasteiger partial charge in [-0.25, -0.2) is 27.6 Å². The predicted molar refractivity (Wildman–Crippen MR) is 136 cm³/mol. The van der Waals surface area contributed by atoms with Crippen LogP contribution in [0.2, 0.25) is 10.0 Å². The largest absolute Gasteiger partial charge is 0.351 e. The van der Waals surface area contributed by atoms with Crippen molar-refractivity contribution >= 4 is 40.7 Å². The lowest BCUT2D eigenvalue weighted by molar-refractivity contribution is 0.259. The Morgan fingerprint density at radius 2 is 1.89 bits per heavy atom. The van der Waals surface area contributed by atoms with Gasteiger partial charge in [-0.3, -0.25) is 0 Å². The number of amides is 2. The van der Waals surface area contributed by atoms with Crippen molar-refractivity contribution in [2.75, 3.05) is 16.8 Å². The fourth-order valence-corrected chi connectivity index (χ4v) is 4.98. The van der Waals surface area contributed by atoms with Crippen LogP contribution in [0.25, 0.3) is 16.9 Å². The van der Waals surface area contributed by atoms with Crippen molar-refractivity contribution in [1.29, 1.82) is 0 Å². The summed E-state index contributed by atoms with van der Waals surface area (Å²) in [5.74, 6) is -1.89. The molecule has 12 heteroatoms. The van der Waals surface area contributed by atoms with Gasteiger partial charge in [0.1, 0.15) is 29.0 Å². The smallest absolute Gasteiger partial charge is 0.316 e. The van der Waals surface area contributed by atoms with Gasteiger partial charge in [0, 0.05) is 42.9 Å². The average Bonchev–Trinajstić information content (AvgIpc) is 3.19. The van der Waals surface area contributed by atoms with Crippen molar-refractivity contribution in [2.24, 2.45) is 5.73 Å². The van der Waals surface area contributed by atoms with E-state index in [4.69, 9.17) is 28.9 Å². The van der Waals surface area contributed by atoms with Crippen molar-refractivity contribution < 1.29 is 18.0 Å². The minimum Gasteiger partial charge on any atom is -0.351 e. The molecule has 1 aliphatic rings. The lowest BCUT2D eigenvalue weighted by Gasteiger charge is -2.28. The second kappa shape index (κ2) is 9.60. The third-order valence-electron chi connectivity index (χ3n) is 6.09. The summed E-state index contributed by atoms with van der Waals surface area (Å²) in [5.41, 5.74) is 6.45. The Labute approximate surface area is 219 Å². The van der Waals surface area contributed by atoms with E-state index < -0.39 is 29.2 Å². The Bertz CT molecular complexity index is 1540. The summed E-state index contributed by atoms with van der Waals surface area (Å²) < 4.78 is 46.8. The predicted octanol–water partition coefficient (Wildman–Crippen LogP) is 6.02. The molecule has 0 aliphatic carbocycles. The zero-order valence-electron chi connectivity index (χ0n) is 19.3. The fourth-order valence-electron chi connectivity index (χ4n) is 4.48. The number of nitrogens with zero attached hydrogens (tertiary/aromatic N) is 4. The SMILES string of the molecule is Cc1cccc(F)c1-n1nc2c(c1-c1cc(F)c(NC(N)=O)cc1F)CN(c1ncc(Cl)cc1Cl)CC2. The number of para-hydroxylation sites is 1. The van der Waals surface area contributed by atoms with Crippen LogP contribution in [-0.4, -0.2) is 27.3 Å². The van der Waals surface area contributed by atoms with Gasteiger partial charge in [0.2, 0.25) is 0 Å². The van der Waals surface area contributed by atoms with E-state index >= 15 is 8.78 Å². The first-order valence-electron chi connectivity index (χ1n) is 11.1. The molecule has 190 valence electrons. The number of hydrogen-bond acceptors (Lipinski definition) is 4. The highest BCUT2D eigenvalue weighted by Gasteiger charge is 2.31. The van der Waals surface area contributed by atoms with Crippen molar-refractivity contribution in [2.45, 2.75) is 19.9 Å². The van der Waals surface area contributed by atoms with Gasteiger partial charge in [-0.15, -0.1) is 0 Å². The Hall–Kier alpha value is -3.76. The van der Waals surface area contributed by atoms with Gasteiger partial charge in [-0.1, -0.05) is 35.3 Å². The first kappa shape index (κ1) is 24.9. The highest BCUT2D eigenvalue weighted by molar-refractivity contribution is 6.36. The van der Waals surface area contributed by atoms with Gasteiger partial charge < -0.3 is 16.0 Å². The van der Waals surface area contributed by atoms with Crippen LogP contribution in [0, 0.1) is 24.4 Å². The van der Waals surface area contributed by atoms with E-state index in [0.717, 1.165) is 12.1 Å². The fraction of sp³-hybridized carbons (Fsp3) is 0.160. The number of aromatic nitrogens is 3. The molecule has 0 saturated carbocycles. The summed E-state index contributed by atoms with van der Waals surface area (Å²) in [6.45, 7) is 2.37. The van der Waals surface area contributed by atoms with Crippen LogP contribution in [0.15, 0.2) is 42.6 Å². The molecule has 2 aromatic heterocycles. The number of rotatable bonds is 4. The van der Waals surface area contributed by atoms with Crippen molar-refractivity contribution in [3.63, 3.8) is 0 Å². The number of pyridine rings is 1. The number of aryl methyl sites for hydroxylation is 1. The molecular formula is C25H19Cl2F3N6O. The number of nitrogens with two attached hydrogens (primary N) is 1. The number of fused-ring (bicyclic) bond motifs is 1. The van der Waals surface area contributed by atoms with Gasteiger partial charge in [0.15, 0.2) is 0 Å². The Kier molecular flexibility index (Phi) is 6.47. The van der Waals surface area contributed by atoms with Gasteiger partial charge in [0.25, 0.3) is 0 Å². The molecular weight excluding hydrogens is 528 g/mol. The van der Waals surface area contributed by atoms with Gasteiger partial charge >= 0.3 is 6.03 Å². The summed E-state index contributed by atoms with van der Waals surface area (Å²) in [7, 11) is 0. The molecule has 0 spiro atoms. The number of anilines is 2. The van der Waals surface area contributed by atoms with E-state index in [1.54, 1.807) is 25.1 Å². The monoisotopic (exact) mass is 546 g/mol. The molecule has 37 heavy (non-hydrogen) atoms. The summed E-state index contributed by atoms with van der Waals surface area (Å²) >= 11 is 12.4. The minimum absolute atomic E-state index is 0.111. The van der Waals surface area contributed by atoms with Crippen LogP contribution in [0.4, 0.5) is 29.5 Å². The Morgan fingerprint density at radius 3 is 2.59 bits per heavy atom. The molecule has 0 saturated heterocycles. The highest BCUT2D eigenvalue weighted by atomic mass is 35.5. The first-order chi connectivity index (χ1) is 17.6.